The second kappa shape index (κ2) is 7.55. The Morgan fingerprint density at radius 3 is 2.25 bits per heavy atom. The predicted molar refractivity (Wildman–Crippen MR) is 117 cm³/mol. The summed E-state index contributed by atoms with van der Waals surface area (Å²) in [7, 11) is 0. The highest BCUT2D eigenvalue weighted by Crippen LogP contribution is 2.53. The van der Waals surface area contributed by atoms with Crippen molar-refractivity contribution in [1.29, 1.82) is 0 Å². The van der Waals surface area contributed by atoms with E-state index in [2.05, 4.69) is 0 Å². The molecule has 2 aromatic carbocycles. The lowest BCUT2D eigenvalue weighted by Crippen LogP contribution is -2.34. The molecule has 5 rings (SSSR count). The van der Waals surface area contributed by atoms with Gasteiger partial charge in [-0.05, 0) is 61.4 Å². The van der Waals surface area contributed by atoms with Gasteiger partial charge in [0.05, 0.1) is 23.1 Å². The number of hydrogen-bond donors (Lipinski definition) is 0. The minimum Gasteiger partial charge on any atom is -0.454 e. The van der Waals surface area contributed by atoms with Crippen LogP contribution in [0.5, 0.6) is 0 Å². The molecule has 0 spiro atoms. The number of esters is 1. The molecule has 6 heteroatoms. The molecule has 1 saturated carbocycles. The number of carbonyl (C=O) groups excluding carboxylic acids is 4. The number of Topliss-reactive ketones (excluding diaryl/α,β-unsaturated/α-hetero) is 1. The minimum absolute atomic E-state index is 0.0844. The first-order chi connectivity index (χ1) is 15.4. The number of benzene rings is 2. The zero-order valence-corrected chi connectivity index (χ0v) is 17.9. The van der Waals surface area contributed by atoms with E-state index in [1.807, 2.05) is 32.1 Å². The maximum atomic E-state index is 13.1. The summed E-state index contributed by atoms with van der Waals surface area (Å²) in [5.41, 5.74) is 2.84. The van der Waals surface area contributed by atoms with Crippen molar-refractivity contribution >= 4 is 29.3 Å². The fraction of sp³-hybridized carbons (Fsp3) is 0.308. The van der Waals surface area contributed by atoms with Crippen LogP contribution in [0.3, 0.4) is 0 Å². The van der Waals surface area contributed by atoms with E-state index in [0.29, 0.717) is 5.56 Å². The Morgan fingerprint density at radius 1 is 0.938 bits per heavy atom. The Kier molecular flexibility index (Phi) is 4.81. The van der Waals surface area contributed by atoms with Crippen molar-refractivity contribution < 1.29 is 23.9 Å². The first-order valence-electron chi connectivity index (χ1n) is 10.8. The van der Waals surface area contributed by atoms with Gasteiger partial charge in [-0.3, -0.25) is 14.4 Å². The summed E-state index contributed by atoms with van der Waals surface area (Å²) in [6.07, 6.45) is 4.89. The van der Waals surface area contributed by atoms with Crippen LogP contribution >= 0.6 is 0 Å². The van der Waals surface area contributed by atoms with Gasteiger partial charge in [-0.15, -0.1) is 0 Å². The minimum atomic E-state index is -0.739. The SMILES string of the molecule is Cc1ccc(C(=O)COC(=O)c2ccccc2N2C(=O)[C@@H]3[C@@H](C2=O)[C@H]2C=C[C@H]3C2)cc1C. The maximum Gasteiger partial charge on any atom is 0.340 e. The number of rotatable bonds is 5. The molecule has 0 radical (unpaired) electrons. The number of para-hydroxylation sites is 1. The summed E-state index contributed by atoms with van der Waals surface area (Å²) >= 11 is 0. The summed E-state index contributed by atoms with van der Waals surface area (Å²) in [5.74, 6) is -2.12. The molecule has 3 aliphatic rings. The molecular weight excluding hydrogens is 406 g/mol. The van der Waals surface area contributed by atoms with E-state index in [4.69, 9.17) is 4.74 Å². The van der Waals surface area contributed by atoms with Crippen LogP contribution in [0.2, 0.25) is 0 Å². The fourth-order valence-corrected chi connectivity index (χ4v) is 5.19. The molecule has 32 heavy (non-hydrogen) atoms. The zero-order chi connectivity index (χ0) is 22.6. The molecule has 2 bridgehead atoms. The van der Waals surface area contributed by atoms with Gasteiger partial charge in [0.15, 0.2) is 12.4 Å². The van der Waals surface area contributed by atoms with Gasteiger partial charge in [0, 0.05) is 5.56 Å². The predicted octanol–water partition coefficient (Wildman–Crippen LogP) is 3.65. The number of hydrogen-bond acceptors (Lipinski definition) is 5. The summed E-state index contributed by atoms with van der Waals surface area (Å²) < 4.78 is 5.28. The van der Waals surface area contributed by atoms with Crippen LogP contribution in [0.25, 0.3) is 0 Å². The second-order valence-electron chi connectivity index (χ2n) is 8.83. The lowest BCUT2D eigenvalue weighted by Gasteiger charge is -2.20. The number of carbonyl (C=O) groups is 4. The zero-order valence-electron chi connectivity index (χ0n) is 17.9. The normalized spacial score (nSPS) is 25.4. The van der Waals surface area contributed by atoms with Gasteiger partial charge >= 0.3 is 5.97 Å². The number of imide groups is 1. The number of ether oxygens (including phenoxy) is 1. The Labute approximate surface area is 185 Å². The number of ketones is 1. The molecule has 2 fully saturated rings. The van der Waals surface area contributed by atoms with Crippen molar-refractivity contribution in [3.63, 3.8) is 0 Å². The maximum absolute atomic E-state index is 13.1. The molecular formula is C26H23NO5. The Bertz CT molecular complexity index is 1170. The lowest BCUT2D eigenvalue weighted by molar-refractivity contribution is -0.123. The summed E-state index contributed by atoms with van der Waals surface area (Å²) in [6, 6.07) is 11.7. The van der Waals surface area contributed by atoms with Gasteiger partial charge in [-0.25, -0.2) is 9.69 Å². The molecule has 1 aliphatic heterocycles. The first-order valence-corrected chi connectivity index (χ1v) is 10.8. The van der Waals surface area contributed by atoms with Crippen LogP contribution in [0, 0.1) is 37.5 Å². The van der Waals surface area contributed by atoms with Gasteiger partial charge < -0.3 is 4.74 Å². The highest BCUT2D eigenvalue weighted by Gasteiger charge is 2.59. The topological polar surface area (TPSA) is 80.8 Å². The van der Waals surface area contributed by atoms with Crippen LogP contribution in [0.4, 0.5) is 5.69 Å². The average molecular weight is 429 g/mol. The summed E-state index contributed by atoms with van der Waals surface area (Å²) in [4.78, 5) is 52.8. The molecule has 0 N–H and O–H groups in total. The highest BCUT2D eigenvalue weighted by molar-refractivity contribution is 6.24. The Morgan fingerprint density at radius 2 is 1.59 bits per heavy atom. The number of allylic oxidation sites excluding steroid dienone is 2. The van der Waals surface area contributed by atoms with E-state index < -0.39 is 12.6 Å². The first kappa shape index (κ1) is 20.4. The lowest BCUT2D eigenvalue weighted by atomic mass is 9.85. The number of anilines is 1. The molecule has 2 aromatic rings. The van der Waals surface area contributed by atoms with Crippen LogP contribution in [0.15, 0.2) is 54.6 Å². The molecule has 2 aliphatic carbocycles. The van der Waals surface area contributed by atoms with Gasteiger partial charge in [0.2, 0.25) is 11.8 Å². The largest absolute Gasteiger partial charge is 0.454 e. The van der Waals surface area contributed by atoms with E-state index in [9.17, 15) is 19.2 Å². The summed E-state index contributed by atoms with van der Waals surface area (Å²) in [6.45, 7) is 3.45. The number of nitrogens with zero attached hydrogens (tertiary/aromatic N) is 1. The van der Waals surface area contributed by atoms with Crippen LogP contribution in [-0.2, 0) is 14.3 Å². The van der Waals surface area contributed by atoms with Crippen molar-refractivity contribution in [2.75, 3.05) is 11.5 Å². The monoisotopic (exact) mass is 429 g/mol. The fourth-order valence-electron chi connectivity index (χ4n) is 5.19. The second-order valence-corrected chi connectivity index (χ2v) is 8.83. The molecule has 162 valence electrons. The van der Waals surface area contributed by atoms with E-state index >= 15 is 0 Å². The third kappa shape index (κ3) is 3.09. The molecule has 2 amide bonds. The van der Waals surface area contributed by atoms with Crippen molar-refractivity contribution in [3.05, 3.63) is 76.9 Å². The Balaban J connectivity index is 1.35. The van der Waals surface area contributed by atoms with Crippen molar-refractivity contribution in [3.8, 4) is 0 Å². The van der Waals surface area contributed by atoms with Gasteiger partial charge in [0.25, 0.3) is 0 Å². The smallest absolute Gasteiger partial charge is 0.340 e. The number of aryl methyl sites for hydroxylation is 2. The van der Waals surface area contributed by atoms with E-state index in [1.165, 1.54) is 6.07 Å². The average Bonchev–Trinajstić information content (AvgIpc) is 3.47. The molecule has 6 nitrogen and oxygen atoms in total. The van der Waals surface area contributed by atoms with Crippen LogP contribution in [-0.4, -0.2) is 30.2 Å². The van der Waals surface area contributed by atoms with Gasteiger partial charge in [0.1, 0.15) is 0 Å². The highest BCUT2D eigenvalue weighted by atomic mass is 16.5. The standard InChI is InChI=1S/C26H23NO5/c1-14-7-8-16(11-15(14)2)21(28)13-32-26(31)19-5-3-4-6-20(19)27-24(29)22-17-9-10-18(12-17)23(22)25(27)30/h3-11,17-18,22-23H,12-13H2,1-2H3/t17-,18-,22-,23-/m0/s1. The van der Waals surface area contributed by atoms with E-state index in [-0.39, 0.29) is 52.5 Å². The molecule has 1 heterocycles. The number of amides is 2. The van der Waals surface area contributed by atoms with Crippen molar-refractivity contribution in [2.45, 2.75) is 20.3 Å². The molecule has 0 aromatic heterocycles. The number of fused-ring (bicyclic) bond motifs is 5. The van der Waals surface area contributed by atoms with E-state index in [0.717, 1.165) is 22.4 Å². The summed E-state index contributed by atoms with van der Waals surface area (Å²) in [5, 5.41) is 0. The third-order valence-corrected chi connectivity index (χ3v) is 7.00. The van der Waals surface area contributed by atoms with E-state index in [1.54, 1.807) is 30.3 Å². The molecule has 4 atom stereocenters. The van der Waals surface area contributed by atoms with Gasteiger partial charge in [-0.2, -0.15) is 0 Å². The van der Waals surface area contributed by atoms with Crippen LogP contribution < -0.4 is 4.90 Å². The van der Waals surface area contributed by atoms with Gasteiger partial charge in [-0.1, -0.05) is 36.4 Å². The Hall–Kier alpha value is -3.54. The third-order valence-electron chi connectivity index (χ3n) is 7.00. The van der Waals surface area contributed by atoms with Crippen molar-refractivity contribution in [2.24, 2.45) is 23.7 Å². The van der Waals surface area contributed by atoms with Crippen molar-refractivity contribution in [1.82, 2.24) is 0 Å². The van der Waals surface area contributed by atoms with Crippen LogP contribution in [0.1, 0.15) is 38.3 Å². The quantitative estimate of drug-likeness (QED) is 0.314. The molecule has 1 saturated heterocycles. The molecule has 0 unspecified atom stereocenters.